The highest BCUT2D eigenvalue weighted by molar-refractivity contribution is 5.77. The van der Waals surface area contributed by atoms with E-state index >= 15 is 0 Å². The van der Waals surface area contributed by atoms with Crippen molar-refractivity contribution in [1.29, 1.82) is 5.26 Å². The number of carbonyl (C=O) groups excluding carboxylic acids is 1. The lowest BCUT2D eigenvalue weighted by molar-refractivity contribution is -0.131. The minimum Gasteiger partial charge on any atom is -0.493 e. The Hall–Kier alpha value is -2.02. The van der Waals surface area contributed by atoms with Crippen LogP contribution in [0.25, 0.3) is 0 Å². The van der Waals surface area contributed by atoms with Crippen LogP contribution in [0.3, 0.4) is 0 Å². The van der Waals surface area contributed by atoms with E-state index in [1.807, 2.05) is 31.2 Å². The zero-order valence-electron chi connectivity index (χ0n) is 11.1. The van der Waals surface area contributed by atoms with Gasteiger partial charge in [0.15, 0.2) is 0 Å². The van der Waals surface area contributed by atoms with Crippen molar-refractivity contribution in [1.82, 2.24) is 4.90 Å². The third kappa shape index (κ3) is 3.47. The Bertz CT molecular complexity index is 493. The lowest BCUT2D eigenvalue weighted by atomic mass is 10.2. The predicted molar refractivity (Wildman–Crippen MR) is 71.6 cm³/mol. The maximum absolute atomic E-state index is 12.0. The first-order chi connectivity index (χ1) is 9.20. The molecule has 0 aliphatic carbocycles. The van der Waals surface area contributed by atoms with Crippen LogP contribution in [0.5, 0.6) is 5.75 Å². The highest BCUT2D eigenvalue weighted by Gasteiger charge is 2.27. The average Bonchev–Trinajstić information content (AvgIpc) is 2.87. The normalized spacial score (nSPS) is 18.1. The van der Waals surface area contributed by atoms with E-state index in [0.29, 0.717) is 19.6 Å². The van der Waals surface area contributed by atoms with Crippen molar-refractivity contribution in [3.63, 3.8) is 0 Å². The second kappa shape index (κ2) is 6.24. The maximum atomic E-state index is 12.0. The van der Waals surface area contributed by atoms with Gasteiger partial charge in [-0.05, 0) is 37.5 Å². The topological polar surface area (TPSA) is 53.3 Å². The van der Waals surface area contributed by atoms with Gasteiger partial charge in [0.2, 0.25) is 5.91 Å². The third-order valence-corrected chi connectivity index (χ3v) is 3.30. The second-order valence-electron chi connectivity index (χ2n) is 4.79. The zero-order chi connectivity index (χ0) is 13.7. The van der Waals surface area contributed by atoms with Gasteiger partial charge in [-0.2, -0.15) is 5.26 Å². The number of ether oxygens (including phenoxy) is 1. The minimum atomic E-state index is -0.244. The molecule has 1 aromatic rings. The molecule has 1 aliphatic heterocycles. The molecule has 0 radical (unpaired) electrons. The van der Waals surface area contributed by atoms with E-state index in [1.165, 1.54) is 0 Å². The average molecular weight is 258 g/mol. The van der Waals surface area contributed by atoms with E-state index in [4.69, 9.17) is 10.00 Å². The lowest BCUT2D eigenvalue weighted by Gasteiger charge is -2.19. The summed E-state index contributed by atoms with van der Waals surface area (Å²) in [6.07, 6.45) is 2.04. The number of hydrogen-bond acceptors (Lipinski definition) is 3. The van der Waals surface area contributed by atoms with Crippen molar-refractivity contribution in [3.05, 3.63) is 29.8 Å². The van der Waals surface area contributed by atoms with Crippen LogP contribution < -0.4 is 4.74 Å². The molecule has 1 aromatic carbocycles. The number of benzene rings is 1. The summed E-state index contributed by atoms with van der Waals surface area (Å²) in [5, 5.41) is 8.94. The largest absolute Gasteiger partial charge is 0.493 e. The molecule has 1 aliphatic rings. The Labute approximate surface area is 113 Å². The molecule has 0 aromatic heterocycles. The number of rotatable bonds is 4. The first-order valence-electron chi connectivity index (χ1n) is 6.59. The summed E-state index contributed by atoms with van der Waals surface area (Å²) in [6.45, 7) is 3.05. The number of likely N-dealkylation sites (tertiary alicyclic amines) is 1. The van der Waals surface area contributed by atoms with E-state index in [9.17, 15) is 4.79 Å². The van der Waals surface area contributed by atoms with E-state index in [2.05, 4.69) is 6.07 Å². The van der Waals surface area contributed by atoms with Crippen LogP contribution in [-0.2, 0) is 4.79 Å². The highest BCUT2D eigenvalue weighted by atomic mass is 16.5. The highest BCUT2D eigenvalue weighted by Crippen LogP contribution is 2.18. The SMILES string of the molecule is Cc1cccc(OCCC(=O)N2CCCC2C#N)c1. The first kappa shape index (κ1) is 13.4. The molecule has 0 bridgehead atoms. The van der Waals surface area contributed by atoms with Gasteiger partial charge in [-0.25, -0.2) is 0 Å². The van der Waals surface area contributed by atoms with Crippen molar-refractivity contribution in [3.8, 4) is 11.8 Å². The number of hydrogen-bond donors (Lipinski definition) is 0. The molecule has 1 fully saturated rings. The second-order valence-corrected chi connectivity index (χ2v) is 4.79. The Balaban J connectivity index is 1.80. The minimum absolute atomic E-state index is 0.0108. The van der Waals surface area contributed by atoms with Crippen LogP contribution in [0.1, 0.15) is 24.8 Å². The van der Waals surface area contributed by atoms with Gasteiger partial charge >= 0.3 is 0 Å². The van der Waals surface area contributed by atoms with Gasteiger partial charge < -0.3 is 9.64 Å². The fraction of sp³-hybridized carbons (Fsp3) is 0.467. The Morgan fingerprint density at radius 3 is 3.16 bits per heavy atom. The molecule has 2 rings (SSSR count). The smallest absolute Gasteiger partial charge is 0.227 e. The van der Waals surface area contributed by atoms with Crippen molar-refractivity contribution in [2.75, 3.05) is 13.2 Å². The summed E-state index contributed by atoms with van der Waals surface area (Å²) in [7, 11) is 0. The molecular formula is C15H18N2O2. The molecule has 1 saturated heterocycles. The zero-order valence-corrected chi connectivity index (χ0v) is 11.1. The van der Waals surface area contributed by atoms with Gasteiger partial charge in [-0.1, -0.05) is 12.1 Å². The van der Waals surface area contributed by atoms with E-state index in [1.54, 1.807) is 4.90 Å². The van der Waals surface area contributed by atoms with Crippen LogP contribution in [0.4, 0.5) is 0 Å². The number of nitrogens with zero attached hydrogens (tertiary/aromatic N) is 2. The standard InChI is InChI=1S/C15H18N2O2/c1-12-4-2-6-14(10-12)19-9-7-15(18)17-8-3-5-13(17)11-16/h2,4,6,10,13H,3,5,7-9H2,1H3. The van der Waals surface area contributed by atoms with Gasteiger partial charge in [0, 0.05) is 6.54 Å². The molecule has 4 nitrogen and oxygen atoms in total. The van der Waals surface area contributed by atoms with Gasteiger partial charge in [0.05, 0.1) is 19.1 Å². The van der Waals surface area contributed by atoms with Crippen LogP contribution in [-0.4, -0.2) is 30.0 Å². The molecule has 1 atom stereocenters. The quantitative estimate of drug-likeness (QED) is 0.832. The Morgan fingerprint density at radius 2 is 2.42 bits per heavy atom. The van der Waals surface area contributed by atoms with Gasteiger partial charge in [-0.3, -0.25) is 4.79 Å². The van der Waals surface area contributed by atoms with Crippen molar-refractivity contribution >= 4 is 5.91 Å². The summed E-state index contributed by atoms with van der Waals surface area (Å²) in [5.41, 5.74) is 1.13. The van der Waals surface area contributed by atoms with E-state index in [-0.39, 0.29) is 11.9 Å². The summed E-state index contributed by atoms with van der Waals surface area (Å²) in [6, 6.07) is 9.68. The van der Waals surface area contributed by atoms with Gasteiger partial charge in [-0.15, -0.1) is 0 Å². The molecule has 1 amide bonds. The molecule has 100 valence electrons. The van der Waals surface area contributed by atoms with Crippen LogP contribution in [0.2, 0.25) is 0 Å². The van der Waals surface area contributed by atoms with Gasteiger partial charge in [0.25, 0.3) is 0 Å². The summed E-state index contributed by atoms with van der Waals surface area (Å²) in [4.78, 5) is 13.6. The molecular weight excluding hydrogens is 240 g/mol. The predicted octanol–water partition coefficient (Wildman–Crippen LogP) is 2.28. The van der Waals surface area contributed by atoms with Crippen LogP contribution in [0, 0.1) is 18.3 Å². The Kier molecular flexibility index (Phi) is 4.40. The van der Waals surface area contributed by atoms with Crippen molar-refractivity contribution < 1.29 is 9.53 Å². The lowest BCUT2D eigenvalue weighted by Crippen LogP contribution is -2.35. The molecule has 19 heavy (non-hydrogen) atoms. The van der Waals surface area contributed by atoms with Crippen molar-refractivity contribution in [2.45, 2.75) is 32.2 Å². The Morgan fingerprint density at radius 1 is 1.58 bits per heavy atom. The summed E-state index contributed by atoms with van der Waals surface area (Å²) >= 11 is 0. The molecule has 0 spiro atoms. The third-order valence-electron chi connectivity index (χ3n) is 3.30. The molecule has 0 saturated carbocycles. The van der Waals surface area contributed by atoms with E-state index in [0.717, 1.165) is 24.2 Å². The van der Waals surface area contributed by atoms with Crippen molar-refractivity contribution in [2.24, 2.45) is 0 Å². The van der Waals surface area contributed by atoms with E-state index < -0.39 is 0 Å². The molecule has 1 heterocycles. The number of amides is 1. The van der Waals surface area contributed by atoms with Gasteiger partial charge in [0.1, 0.15) is 11.8 Å². The fourth-order valence-electron chi connectivity index (χ4n) is 2.30. The van der Waals surface area contributed by atoms with Crippen LogP contribution >= 0.6 is 0 Å². The van der Waals surface area contributed by atoms with Crippen LogP contribution in [0.15, 0.2) is 24.3 Å². The molecule has 4 heteroatoms. The summed E-state index contributed by atoms with van der Waals surface area (Å²) < 4.78 is 5.56. The number of carbonyl (C=O) groups is 1. The molecule has 1 unspecified atom stereocenters. The maximum Gasteiger partial charge on any atom is 0.227 e. The monoisotopic (exact) mass is 258 g/mol. The summed E-state index contributed by atoms with van der Waals surface area (Å²) in [5.74, 6) is 0.794. The molecule has 0 N–H and O–H groups in total. The number of nitriles is 1. The fourth-order valence-corrected chi connectivity index (χ4v) is 2.30. The first-order valence-corrected chi connectivity index (χ1v) is 6.59. The number of aryl methyl sites for hydroxylation is 1.